The number of rotatable bonds is 10. The second kappa shape index (κ2) is 11.3. The quantitative estimate of drug-likeness (QED) is 0.508. The van der Waals surface area contributed by atoms with Crippen LogP contribution in [0.4, 0.5) is 0 Å². The van der Waals surface area contributed by atoms with Crippen LogP contribution < -0.4 is 9.47 Å². The van der Waals surface area contributed by atoms with Crippen molar-refractivity contribution in [3.8, 4) is 11.5 Å². The van der Waals surface area contributed by atoms with Gasteiger partial charge in [-0.1, -0.05) is 60.7 Å². The van der Waals surface area contributed by atoms with Gasteiger partial charge in [0.2, 0.25) is 0 Å². The Kier molecular flexibility index (Phi) is 8.00. The zero-order chi connectivity index (χ0) is 23.0. The number of nitrogens with zero attached hydrogens (tertiary/aromatic N) is 2. The van der Waals surface area contributed by atoms with E-state index in [1.165, 1.54) is 22.3 Å². The first-order valence-electron chi connectivity index (χ1n) is 11.6. The SMILES string of the molecule is COc1ccc(CN2CCc3ccccc3C2)cc1OCC(O)CN(C)Cc1ccccc1. The number of fused-ring (bicyclic) bond motifs is 1. The third kappa shape index (κ3) is 6.57. The molecule has 0 spiro atoms. The fourth-order valence-corrected chi connectivity index (χ4v) is 4.44. The molecule has 33 heavy (non-hydrogen) atoms. The third-order valence-corrected chi connectivity index (χ3v) is 6.09. The van der Waals surface area contributed by atoms with Crippen LogP contribution in [0.5, 0.6) is 11.5 Å². The van der Waals surface area contributed by atoms with Crippen molar-refractivity contribution in [3.63, 3.8) is 0 Å². The van der Waals surface area contributed by atoms with Gasteiger partial charge >= 0.3 is 0 Å². The van der Waals surface area contributed by atoms with Crippen molar-refractivity contribution in [1.82, 2.24) is 9.80 Å². The van der Waals surface area contributed by atoms with Gasteiger partial charge in [0.25, 0.3) is 0 Å². The average Bonchev–Trinajstić information content (AvgIpc) is 2.83. The Balaban J connectivity index is 1.32. The van der Waals surface area contributed by atoms with E-state index in [9.17, 15) is 5.11 Å². The van der Waals surface area contributed by atoms with Gasteiger partial charge in [-0.25, -0.2) is 0 Å². The minimum absolute atomic E-state index is 0.218. The van der Waals surface area contributed by atoms with Crippen LogP contribution in [-0.4, -0.2) is 54.9 Å². The lowest BCUT2D eigenvalue weighted by molar-refractivity contribution is 0.0732. The molecule has 5 nitrogen and oxygen atoms in total. The Morgan fingerprint density at radius 2 is 1.70 bits per heavy atom. The van der Waals surface area contributed by atoms with Gasteiger partial charge in [0, 0.05) is 32.7 Å². The predicted molar refractivity (Wildman–Crippen MR) is 132 cm³/mol. The Morgan fingerprint density at radius 3 is 2.48 bits per heavy atom. The van der Waals surface area contributed by atoms with E-state index in [0.717, 1.165) is 32.6 Å². The molecule has 1 heterocycles. The lowest BCUT2D eigenvalue weighted by Gasteiger charge is -2.29. The summed E-state index contributed by atoms with van der Waals surface area (Å²) < 4.78 is 11.5. The Morgan fingerprint density at radius 1 is 0.939 bits per heavy atom. The number of methoxy groups -OCH3 is 1. The van der Waals surface area contributed by atoms with Crippen LogP contribution in [-0.2, 0) is 26.1 Å². The van der Waals surface area contributed by atoms with Gasteiger partial charge < -0.3 is 14.6 Å². The normalized spacial score (nSPS) is 14.7. The monoisotopic (exact) mass is 446 g/mol. The van der Waals surface area contributed by atoms with Gasteiger partial charge in [0.05, 0.1) is 7.11 Å². The van der Waals surface area contributed by atoms with Crippen molar-refractivity contribution >= 4 is 0 Å². The highest BCUT2D eigenvalue weighted by molar-refractivity contribution is 5.43. The smallest absolute Gasteiger partial charge is 0.161 e. The molecule has 3 aromatic carbocycles. The molecule has 0 aromatic heterocycles. The van der Waals surface area contributed by atoms with Crippen molar-refractivity contribution in [1.29, 1.82) is 0 Å². The number of aliphatic hydroxyl groups is 1. The maximum atomic E-state index is 10.5. The van der Waals surface area contributed by atoms with Crippen LogP contribution >= 0.6 is 0 Å². The molecule has 0 amide bonds. The summed E-state index contributed by atoms with van der Waals surface area (Å²) in [6.07, 6.45) is 0.490. The first kappa shape index (κ1) is 23.3. The minimum Gasteiger partial charge on any atom is -0.493 e. The van der Waals surface area contributed by atoms with Crippen molar-refractivity contribution in [3.05, 3.63) is 95.1 Å². The number of likely N-dealkylation sites (N-methyl/N-ethyl adjacent to an activating group) is 1. The molecule has 0 saturated carbocycles. The van der Waals surface area contributed by atoms with Crippen LogP contribution in [0, 0.1) is 0 Å². The summed E-state index contributed by atoms with van der Waals surface area (Å²) in [4.78, 5) is 4.56. The van der Waals surface area contributed by atoms with E-state index in [-0.39, 0.29) is 6.61 Å². The van der Waals surface area contributed by atoms with E-state index in [2.05, 4.69) is 52.3 Å². The second-order valence-corrected chi connectivity index (χ2v) is 8.86. The van der Waals surface area contributed by atoms with E-state index in [1.54, 1.807) is 7.11 Å². The lowest BCUT2D eigenvalue weighted by Crippen LogP contribution is -2.32. The van der Waals surface area contributed by atoms with Gasteiger partial charge in [-0.05, 0) is 47.9 Å². The molecule has 0 aliphatic carbocycles. The van der Waals surface area contributed by atoms with Gasteiger partial charge in [-0.2, -0.15) is 0 Å². The van der Waals surface area contributed by atoms with Crippen molar-refractivity contribution in [2.45, 2.75) is 32.2 Å². The van der Waals surface area contributed by atoms with E-state index >= 15 is 0 Å². The van der Waals surface area contributed by atoms with Crippen LogP contribution in [0.2, 0.25) is 0 Å². The molecule has 1 aliphatic heterocycles. The van der Waals surface area contributed by atoms with Crippen LogP contribution in [0.1, 0.15) is 22.3 Å². The summed E-state index contributed by atoms with van der Waals surface area (Å²) >= 11 is 0. The molecular weight excluding hydrogens is 412 g/mol. The van der Waals surface area contributed by atoms with Gasteiger partial charge in [0.1, 0.15) is 12.7 Å². The molecule has 0 fully saturated rings. The summed E-state index contributed by atoms with van der Waals surface area (Å²) in [5.41, 5.74) is 5.28. The topological polar surface area (TPSA) is 45.2 Å². The number of benzene rings is 3. The van der Waals surface area contributed by atoms with Crippen molar-refractivity contribution < 1.29 is 14.6 Å². The Bertz CT molecular complexity index is 1020. The summed E-state index contributed by atoms with van der Waals surface area (Å²) in [7, 11) is 3.65. The lowest BCUT2D eigenvalue weighted by atomic mass is 9.99. The highest BCUT2D eigenvalue weighted by Crippen LogP contribution is 2.29. The molecule has 4 rings (SSSR count). The van der Waals surface area contributed by atoms with Gasteiger partial charge in [-0.15, -0.1) is 0 Å². The van der Waals surface area contributed by atoms with Crippen LogP contribution in [0.15, 0.2) is 72.8 Å². The van der Waals surface area contributed by atoms with E-state index in [4.69, 9.17) is 9.47 Å². The first-order chi connectivity index (χ1) is 16.1. The Labute approximate surface area is 197 Å². The molecule has 174 valence electrons. The third-order valence-electron chi connectivity index (χ3n) is 6.09. The Hall–Kier alpha value is -2.86. The minimum atomic E-state index is -0.592. The molecule has 3 aromatic rings. The summed E-state index contributed by atoms with van der Waals surface area (Å²) in [5.74, 6) is 1.37. The van der Waals surface area contributed by atoms with Gasteiger partial charge in [0.15, 0.2) is 11.5 Å². The summed E-state index contributed by atoms with van der Waals surface area (Å²) in [6, 6.07) is 25.0. The molecule has 1 unspecified atom stereocenters. The number of hydrogen-bond donors (Lipinski definition) is 1. The molecule has 1 N–H and O–H groups in total. The standard InChI is InChI=1S/C28H34N2O3/c1-29(17-22-8-4-3-5-9-22)20-26(31)21-33-28-16-23(12-13-27(28)32-2)18-30-15-14-24-10-6-7-11-25(24)19-30/h3-13,16,26,31H,14-15,17-21H2,1-2H3. The van der Waals surface area contributed by atoms with Gasteiger partial charge in [-0.3, -0.25) is 9.80 Å². The molecule has 5 heteroatoms. The fraction of sp³-hybridized carbons (Fsp3) is 0.357. The number of aliphatic hydroxyl groups excluding tert-OH is 1. The van der Waals surface area contributed by atoms with E-state index in [0.29, 0.717) is 18.0 Å². The fourth-order valence-electron chi connectivity index (χ4n) is 4.44. The van der Waals surface area contributed by atoms with Crippen LogP contribution in [0.25, 0.3) is 0 Å². The number of ether oxygens (including phenoxy) is 2. The molecule has 0 radical (unpaired) electrons. The average molecular weight is 447 g/mol. The molecule has 1 aliphatic rings. The predicted octanol–water partition coefficient (Wildman–Crippen LogP) is 4.13. The van der Waals surface area contributed by atoms with E-state index < -0.39 is 6.10 Å². The summed E-state index contributed by atoms with van der Waals surface area (Å²) in [5, 5.41) is 10.5. The van der Waals surface area contributed by atoms with Crippen molar-refractivity contribution in [2.24, 2.45) is 0 Å². The molecular formula is C28H34N2O3. The first-order valence-corrected chi connectivity index (χ1v) is 11.6. The largest absolute Gasteiger partial charge is 0.493 e. The zero-order valence-corrected chi connectivity index (χ0v) is 19.6. The molecule has 0 bridgehead atoms. The molecule has 0 saturated heterocycles. The summed E-state index contributed by atoms with van der Waals surface area (Å²) in [6.45, 7) is 4.41. The second-order valence-electron chi connectivity index (χ2n) is 8.86. The maximum Gasteiger partial charge on any atom is 0.161 e. The van der Waals surface area contributed by atoms with E-state index in [1.807, 2.05) is 37.4 Å². The highest BCUT2D eigenvalue weighted by atomic mass is 16.5. The van der Waals surface area contributed by atoms with Crippen molar-refractivity contribution in [2.75, 3.05) is 33.9 Å². The number of hydrogen-bond acceptors (Lipinski definition) is 5. The zero-order valence-electron chi connectivity index (χ0n) is 19.6. The maximum absolute atomic E-state index is 10.5. The highest BCUT2D eigenvalue weighted by Gasteiger charge is 2.17. The van der Waals surface area contributed by atoms with Crippen LogP contribution in [0.3, 0.4) is 0 Å². The molecule has 1 atom stereocenters.